The summed E-state index contributed by atoms with van der Waals surface area (Å²) in [6.45, 7) is 10.9. The van der Waals surface area contributed by atoms with E-state index in [4.69, 9.17) is 4.42 Å². The molecule has 1 saturated carbocycles. The van der Waals surface area contributed by atoms with E-state index in [0.29, 0.717) is 5.92 Å². The third-order valence-electron chi connectivity index (χ3n) is 4.82. The van der Waals surface area contributed by atoms with Crippen molar-refractivity contribution in [1.29, 1.82) is 0 Å². The van der Waals surface area contributed by atoms with Gasteiger partial charge in [0.15, 0.2) is 0 Å². The highest BCUT2D eigenvalue weighted by atomic mass is 16.3. The van der Waals surface area contributed by atoms with Crippen molar-refractivity contribution >= 4 is 0 Å². The van der Waals surface area contributed by atoms with Crippen molar-refractivity contribution in [2.24, 2.45) is 11.8 Å². The summed E-state index contributed by atoms with van der Waals surface area (Å²) in [6.07, 6.45) is 4.26. The minimum atomic E-state index is 0.696. The molecule has 1 aliphatic heterocycles. The topological polar surface area (TPSA) is 28.4 Å². The zero-order valence-corrected chi connectivity index (χ0v) is 13.1. The molecule has 2 bridgehead atoms. The Kier molecular flexibility index (Phi) is 4.18. The number of hydrogen-bond acceptors (Lipinski definition) is 3. The maximum atomic E-state index is 5.96. The number of likely N-dealkylation sites (tertiary alicyclic amines) is 1. The monoisotopic (exact) mass is 276 g/mol. The molecule has 2 fully saturated rings. The average molecular weight is 276 g/mol. The lowest BCUT2D eigenvalue weighted by atomic mass is 10.1. The van der Waals surface area contributed by atoms with Crippen molar-refractivity contribution in [3.8, 4) is 0 Å². The molecule has 1 saturated heterocycles. The van der Waals surface area contributed by atoms with E-state index in [9.17, 15) is 0 Å². The molecule has 0 aromatic carbocycles. The minimum Gasteiger partial charge on any atom is -0.465 e. The molecular formula is C17H28N2O. The minimum absolute atomic E-state index is 0.696. The second kappa shape index (κ2) is 5.90. The van der Waals surface area contributed by atoms with E-state index in [1.807, 2.05) is 0 Å². The van der Waals surface area contributed by atoms with Crippen LogP contribution < -0.4 is 5.32 Å². The number of furan rings is 1. The number of rotatable bonds is 6. The maximum Gasteiger partial charge on any atom is 0.118 e. The Labute approximate surface area is 122 Å². The number of nitrogens with one attached hydrogen (secondary N) is 1. The Morgan fingerprint density at radius 3 is 2.90 bits per heavy atom. The van der Waals surface area contributed by atoms with Gasteiger partial charge in [-0.15, -0.1) is 0 Å². The third kappa shape index (κ3) is 3.09. The first-order chi connectivity index (χ1) is 9.61. The number of aryl methyl sites for hydroxylation is 1. The first kappa shape index (κ1) is 14.2. The lowest BCUT2D eigenvalue weighted by Gasteiger charge is -2.25. The van der Waals surface area contributed by atoms with E-state index < -0.39 is 0 Å². The van der Waals surface area contributed by atoms with E-state index in [-0.39, 0.29) is 0 Å². The number of hydrogen-bond donors (Lipinski definition) is 1. The molecule has 3 rings (SSSR count). The van der Waals surface area contributed by atoms with E-state index in [1.54, 1.807) is 0 Å². The number of piperidine rings is 1. The summed E-state index contributed by atoms with van der Waals surface area (Å²) in [4.78, 5) is 2.62. The molecule has 1 aromatic rings. The fourth-order valence-corrected chi connectivity index (χ4v) is 3.76. The average Bonchev–Trinajstić information content (AvgIpc) is 3.06. The molecule has 2 unspecified atom stereocenters. The molecule has 0 amide bonds. The Morgan fingerprint density at radius 2 is 2.25 bits per heavy atom. The van der Waals surface area contributed by atoms with Crippen molar-refractivity contribution in [2.45, 2.75) is 59.2 Å². The standard InChI is InChI=1S/C17H28N2O/c1-12(2)8-18-9-15-7-17(20-13(15)3)11-19-10-14-4-5-16(19)6-14/h7,12,14,16,18H,4-6,8-11H2,1-3H3. The van der Waals surface area contributed by atoms with Crippen molar-refractivity contribution in [3.05, 3.63) is 23.2 Å². The van der Waals surface area contributed by atoms with Crippen LogP contribution in [0.1, 0.15) is 50.2 Å². The highest BCUT2D eigenvalue weighted by Crippen LogP contribution is 2.38. The molecule has 3 heteroatoms. The summed E-state index contributed by atoms with van der Waals surface area (Å²) in [5, 5.41) is 3.50. The molecule has 1 aromatic heterocycles. The molecule has 20 heavy (non-hydrogen) atoms. The quantitative estimate of drug-likeness (QED) is 0.864. The van der Waals surface area contributed by atoms with Crippen LogP contribution in [0.15, 0.2) is 10.5 Å². The summed E-state index contributed by atoms with van der Waals surface area (Å²) in [5.74, 6) is 3.89. The fraction of sp³-hybridized carbons (Fsp3) is 0.765. The fourth-order valence-electron chi connectivity index (χ4n) is 3.76. The maximum absolute atomic E-state index is 5.96. The molecule has 1 aliphatic carbocycles. The van der Waals surface area contributed by atoms with Gasteiger partial charge in [0.05, 0.1) is 6.54 Å². The Hall–Kier alpha value is -0.800. The normalized spacial score (nSPS) is 26.0. The first-order valence-corrected chi connectivity index (χ1v) is 8.14. The van der Waals surface area contributed by atoms with Crippen LogP contribution in [0.3, 0.4) is 0 Å². The summed E-state index contributed by atoms with van der Waals surface area (Å²) in [6, 6.07) is 3.09. The Balaban J connectivity index is 1.55. The van der Waals surface area contributed by atoms with E-state index >= 15 is 0 Å². The van der Waals surface area contributed by atoms with E-state index in [0.717, 1.165) is 43.1 Å². The SMILES string of the molecule is Cc1oc(CN2CC3CCC2C3)cc1CNCC(C)C. The zero-order chi connectivity index (χ0) is 14.1. The second-order valence-corrected chi connectivity index (χ2v) is 7.08. The molecule has 0 spiro atoms. The Bertz CT molecular complexity index is 452. The van der Waals surface area contributed by atoms with Crippen LogP contribution >= 0.6 is 0 Å². The van der Waals surface area contributed by atoms with Gasteiger partial charge in [-0.1, -0.05) is 13.8 Å². The lowest BCUT2D eigenvalue weighted by molar-refractivity contribution is 0.189. The van der Waals surface area contributed by atoms with Gasteiger partial charge < -0.3 is 9.73 Å². The molecule has 0 radical (unpaired) electrons. The van der Waals surface area contributed by atoms with Gasteiger partial charge in [0.1, 0.15) is 11.5 Å². The van der Waals surface area contributed by atoms with E-state index in [1.165, 1.54) is 31.4 Å². The van der Waals surface area contributed by atoms with Gasteiger partial charge in [0.25, 0.3) is 0 Å². The number of fused-ring (bicyclic) bond motifs is 2. The first-order valence-electron chi connectivity index (χ1n) is 8.14. The molecule has 2 atom stereocenters. The van der Waals surface area contributed by atoms with Crippen molar-refractivity contribution < 1.29 is 4.42 Å². The zero-order valence-electron chi connectivity index (χ0n) is 13.1. The van der Waals surface area contributed by atoms with Crippen LogP contribution in [0.25, 0.3) is 0 Å². The summed E-state index contributed by atoms with van der Waals surface area (Å²) < 4.78 is 5.96. The van der Waals surface area contributed by atoms with Crippen molar-refractivity contribution in [3.63, 3.8) is 0 Å². The van der Waals surface area contributed by atoms with Gasteiger partial charge >= 0.3 is 0 Å². The third-order valence-corrected chi connectivity index (χ3v) is 4.82. The van der Waals surface area contributed by atoms with E-state index in [2.05, 4.69) is 37.1 Å². The van der Waals surface area contributed by atoms with Crippen LogP contribution in [0.2, 0.25) is 0 Å². The predicted molar refractivity (Wildman–Crippen MR) is 81.5 cm³/mol. The predicted octanol–water partition coefficient (Wildman–Crippen LogP) is 3.32. The van der Waals surface area contributed by atoms with Crippen LogP contribution in [-0.2, 0) is 13.1 Å². The van der Waals surface area contributed by atoms with Gasteiger partial charge in [-0.05, 0) is 50.6 Å². The molecule has 3 nitrogen and oxygen atoms in total. The Morgan fingerprint density at radius 1 is 1.40 bits per heavy atom. The molecule has 2 aliphatic rings. The van der Waals surface area contributed by atoms with Crippen LogP contribution in [0.4, 0.5) is 0 Å². The summed E-state index contributed by atoms with van der Waals surface area (Å²) in [7, 11) is 0. The largest absolute Gasteiger partial charge is 0.465 e. The van der Waals surface area contributed by atoms with Gasteiger partial charge in [0, 0.05) is 24.7 Å². The van der Waals surface area contributed by atoms with Crippen LogP contribution in [0.5, 0.6) is 0 Å². The van der Waals surface area contributed by atoms with Gasteiger partial charge in [-0.2, -0.15) is 0 Å². The molecule has 2 heterocycles. The van der Waals surface area contributed by atoms with Crippen molar-refractivity contribution in [2.75, 3.05) is 13.1 Å². The number of nitrogens with zero attached hydrogens (tertiary/aromatic N) is 1. The van der Waals surface area contributed by atoms with Gasteiger partial charge in [-0.25, -0.2) is 0 Å². The lowest BCUT2D eigenvalue weighted by Crippen LogP contribution is -2.31. The highest BCUT2D eigenvalue weighted by Gasteiger charge is 2.37. The molecule has 112 valence electrons. The second-order valence-electron chi connectivity index (χ2n) is 7.08. The van der Waals surface area contributed by atoms with Gasteiger partial charge in [-0.3, -0.25) is 4.90 Å². The summed E-state index contributed by atoms with van der Waals surface area (Å²) in [5.41, 5.74) is 1.32. The molecule has 1 N–H and O–H groups in total. The van der Waals surface area contributed by atoms with Crippen molar-refractivity contribution in [1.82, 2.24) is 10.2 Å². The van der Waals surface area contributed by atoms with Crippen LogP contribution in [0, 0.1) is 18.8 Å². The molecular weight excluding hydrogens is 248 g/mol. The van der Waals surface area contributed by atoms with Gasteiger partial charge in [0.2, 0.25) is 0 Å². The highest BCUT2D eigenvalue weighted by molar-refractivity contribution is 5.21. The smallest absolute Gasteiger partial charge is 0.118 e. The van der Waals surface area contributed by atoms with Crippen LogP contribution in [-0.4, -0.2) is 24.0 Å². The summed E-state index contributed by atoms with van der Waals surface area (Å²) >= 11 is 0.